The number of ketones is 1. The highest BCUT2D eigenvalue weighted by Crippen LogP contribution is 2.30. The summed E-state index contributed by atoms with van der Waals surface area (Å²) in [5, 5.41) is 4.21. The molecule has 0 saturated heterocycles. The summed E-state index contributed by atoms with van der Waals surface area (Å²) in [5.74, 6) is 0.0356. The van der Waals surface area contributed by atoms with Gasteiger partial charge in [-0.1, -0.05) is 60.6 Å². The third kappa shape index (κ3) is 5.63. The van der Waals surface area contributed by atoms with E-state index in [9.17, 15) is 19.2 Å². The summed E-state index contributed by atoms with van der Waals surface area (Å²) >= 11 is 1.39. The van der Waals surface area contributed by atoms with Crippen LogP contribution in [0.5, 0.6) is 11.5 Å². The van der Waals surface area contributed by atoms with Crippen LogP contribution in [0.15, 0.2) is 91.7 Å². The first-order chi connectivity index (χ1) is 21.8. The third-order valence-electron chi connectivity index (χ3n) is 7.53. The number of nitrogens with zero attached hydrogens (tertiary/aromatic N) is 3. The Morgan fingerprint density at radius 3 is 2.36 bits per heavy atom. The number of hydrogen-bond donors (Lipinski definition) is 1. The average Bonchev–Trinajstić information content (AvgIpc) is 3.71. The number of methoxy groups -OCH3 is 2. The lowest BCUT2D eigenvalue weighted by Crippen LogP contribution is -2.41. The number of aryl methyl sites for hydroxylation is 1. The Hall–Kier alpha value is -5.49. The number of fused-ring (bicyclic) bond motifs is 1. The van der Waals surface area contributed by atoms with Crippen LogP contribution in [0.2, 0.25) is 0 Å². The van der Waals surface area contributed by atoms with Crippen LogP contribution >= 0.6 is 11.3 Å². The standard InChI is InChI=1S/C33H28N4O7S/c1-4-22-16-26-30(39)36(18-27(38)25-14-13-21(42-2)15-28(25)43-3)33(41)37(31(26)45-22)17-19-9-11-20(12-10-19)23-7-5-6-8-24(23)29-34-32(40)44-35-29/h5-16H,4,17-18H2,1-3H3,(H,34,35,40). The number of carbonyl (C=O) groups excluding carboxylic acids is 1. The monoisotopic (exact) mass is 624 g/mol. The molecule has 11 nitrogen and oxygen atoms in total. The van der Waals surface area contributed by atoms with Gasteiger partial charge in [-0.05, 0) is 41.3 Å². The number of hydrogen-bond acceptors (Lipinski definition) is 9. The molecule has 3 aromatic carbocycles. The van der Waals surface area contributed by atoms with Gasteiger partial charge in [-0.3, -0.25) is 28.2 Å². The molecular weight excluding hydrogens is 596 g/mol. The van der Waals surface area contributed by atoms with Gasteiger partial charge in [0.2, 0.25) is 0 Å². The maximum absolute atomic E-state index is 13.9. The quantitative estimate of drug-likeness (QED) is 0.216. The lowest BCUT2D eigenvalue weighted by molar-refractivity contribution is 0.0966. The van der Waals surface area contributed by atoms with Crippen LogP contribution in [0.3, 0.4) is 0 Å². The maximum Gasteiger partial charge on any atom is 0.439 e. The third-order valence-corrected chi connectivity index (χ3v) is 8.84. The number of H-pyrrole nitrogens is 1. The molecule has 0 aliphatic carbocycles. The normalized spacial score (nSPS) is 11.2. The molecule has 45 heavy (non-hydrogen) atoms. The summed E-state index contributed by atoms with van der Waals surface area (Å²) in [5.41, 5.74) is 2.35. The van der Waals surface area contributed by atoms with Crippen LogP contribution in [0.4, 0.5) is 0 Å². The van der Waals surface area contributed by atoms with Crippen LogP contribution in [-0.4, -0.2) is 39.3 Å². The van der Waals surface area contributed by atoms with Gasteiger partial charge in [0, 0.05) is 16.5 Å². The topological polar surface area (TPSA) is 138 Å². The van der Waals surface area contributed by atoms with Crippen LogP contribution in [0.25, 0.3) is 32.7 Å². The number of Topliss-reactive ketones (excluding diaryl/α,β-unsaturated/α-hetero) is 1. The number of carbonyl (C=O) groups is 1. The van der Waals surface area contributed by atoms with Gasteiger partial charge in [0.05, 0.1) is 38.3 Å². The van der Waals surface area contributed by atoms with E-state index in [1.54, 1.807) is 28.8 Å². The Bertz CT molecular complexity index is 2220. The molecular formula is C33H28N4O7S. The van der Waals surface area contributed by atoms with E-state index in [1.807, 2.05) is 55.5 Å². The number of aromatic amines is 1. The lowest BCUT2D eigenvalue weighted by atomic mass is 9.98. The van der Waals surface area contributed by atoms with Gasteiger partial charge in [-0.25, -0.2) is 9.59 Å². The molecule has 12 heteroatoms. The Balaban J connectivity index is 1.38. The Morgan fingerprint density at radius 2 is 1.69 bits per heavy atom. The van der Waals surface area contributed by atoms with Gasteiger partial charge in [0.25, 0.3) is 5.56 Å². The first-order valence-corrected chi connectivity index (χ1v) is 14.9. The fourth-order valence-corrected chi connectivity index (χ4v) is 6.30. The summed E-state index contributed by atoms with van der Waals surface area (Å²) in [6.45, 7) is 1.71. The van der Waals surface area contributed by atoms with Crippen molar-refractivity contribution in [1.29, 1.82) is 0 Å². The highest BCUT2D eigenvalue weighted by Gasteiger charge is 2.21. The molecule has 0 aliphatic rings. The largest absolute Gasteiger partial charge is 0.497 e. The first-order valence-electron chi connectivity index (χ1n) is 14.1. The zero-order valence-corrected chi connectivity index (χ0v) is 25.5. The Morgan fingerprint density at radius 1 is 0.933 bits per heavy atom. The molecule has 0 saturated carbocycles. The van der Waals surface area contributed by atoms with Gasteiger partial charge in [0.15, 0.2) is 11.6 Å². The minimum atomic E-state index is -0.641. The van der Waals surface area contributed by atoms with E-state index in [0.29, 0.717) is 33.8 Å². The molecule has 0 spiro atoms. The zero-order valence-electron chi connectivity index (χ0n) is 24.7. The predicted molar refractivity (Wildman–Crippen MR) is 171 cm³/mol. The van der Waals surface area contributed by atoms with E-state index in [2.05, 4.69) is 10.1 Å². The van der Waals surface area contributed by atoms with Crippen molar-refractivity contribution in [2.45, 2.75) is 26.4 Å². The van der Waals surface area contributed by atoms with Gasteiger partial charge in [-0.15, -0.1) is 11.3 Å². The molecule has 3 aromatic heterocycles. The molecule has 6 aromatic rings. The second-order valence-electron chi connectivity index (χ2n) is 10.2. The van der Waals surface area contributed by atoms with Crippen LogP contribution in [-0.2, 0) is 19.5 Å². The predicted octanol–water partition coefficient (Wildman–Crippen LogP) is 4.75. The fourth-order valence-electron chi connectivity index (χ4n) is 5.22. The van der Waals surface area contributed by atoms with Crippen LogP contribution in [0, 0.1) is 0 Å². The molecule has 1 N–H and O–H groups in total. The summed E-state index contributed by atoms with van der Waals surface area (Å²) in [6, 6.07) is 21.6. The Labute approximate surface area is 259 Å². The molecule has 0 fully saturated rings. The number of ether oxygens (including phenoxy) is 2. The highest BCUT2D eigenvalue weighted by molar-refractivity contribution is 7.18. The number of rotatable bonds is 10. The summed E-state index contributed by atoms with van der Waals surface area (Å²) < 4.78 is 17.8. The van der Waals surface area contributed by atoms with Crippen molar-refractivity contribution in [1.82, 2.24) is 19.3 Å². The zero-order chi connectivity index (χ0) is 31.7. The van der Waals surface area contributed by atoms with E-state index in [-0.39, 0.29) is 17.9 Å². The van der Waals surface area contributed by atoms with E-state index in [4.69, 9.17) is 14.0 Å². The maximum atomic E-state index is 13.9. The average molecular weight is 625 g/mol. The van der Waals surface area contributed by atoms with Crippen molar-refractivity contribution in [2.24, 2.45) is 0 Å². The number of aromatic nitrogens is 4. The minimum Gasteiger partial charge on any atom is -0.497 e. The van der Waals surface area contributed by atoms with Crippen molar-refractivity contribution < 1.29 is 18.8 Å². The van der Waals surface area contributed by atoms with Crippen molar-refractivity contribution in [3.05, 3.63) is 120 Å². The van der Waals surface area contributed by atoms with Crippen molar-refractivity contribution in [2.75, 3.05) is 14.2 Å². The summed E-state index contributed by atoms with van der Waals surface area (Å²) in [4.78, 5) is 56.5. The van der Waals surface area contributed by atoms with E-state index in [0.717, 1.165) is 26.1 Å². The molecule has 0 atom stereocenters. The number of benzene rings is 3. The van der Waals surface area contributed by atoms with Gasteiger partial charge in [-0.2, -0.15) is 0 Å². The second kappa shape index (κ2) is 12.2. The van der Waals surface area contributed by atoms with E-state index >= 15 is 0 Å². The van der Waals surface area contributed by atoms with Crippen LogP contribution in [0.1, 0.15) is 27.7 Å². The van der Waals surface area contributed by atoms with E-state index in [1.165, 1.54) is 25.6 Å². The SMILES string of the molecule is CCc1cc2c(=O)n(CC(=O)c3ccc(OC)cc3OC)c(=O)n(Cc3ccc(-c4ccccc4-c4noc(=O)[nH]4)cc3)c2s1. The smallest absolute Gasteiger partial charge is 0.439 e. The number of thiophene rings is 1. The lowest BCUT2D eigenvalue weighted by Gasteiger charge is -2.14. The van der Waals surface area contributed by atoms with Crippen LogP contribution < -0.4 is 26.5 Å². The van der Waals surface area contributed by atoms with Gasteiger partial charge in [0.1, 0.15) is 16.3 Å². The molecule has 228 valence electrons. The second-order valence-corrected chi connectivity index (χ2v) is 11.3. The number of nitrogens with one attached hydrogen (secondary N) is 1. The molecule has 0 unspecified atom stereocenters. The molecule has 3 heterocycles. The molecule has 6 rings (SSSR count). The van der Waals surface area contributed by atoms with Gasteiger partial charge < -0.3 is 9.47 Å². The summed E-state index contributed by atoms with van der Waals surface area (Å²) in [7, 11) is 2.95. The van der Waals surface area contributed by atoms with E-state index < -0.39 is 29.3 Å². The minimum absolute atomic E-state index is 0.178. The van der Waals surface area contributed by atoms with Gasteiger partial charge >= 0.3 is 11.4 Å². The molecule has 0 radical (unpaired) electrons. The van der Waals surface area contributed by atoms with Crippen molar-refractivity contribution in [3.63, 3.8) is 0 Å². The summed E-state index contributed by atoms with van der Waals surface area (Å²) in [6.07, 6.45) is 0.694. The molecule has 0 bridgehead atoms. The fraction of sp³-hybridized carbons (Fsp3) is 0.182. The molecule has 0 amide bonds. The molecule has 0 aliphatic heterocycles. The van der Waals surface area contributed by atoms with Crippen molar-refractivity contribution in [3.8, 4) is 34.0 Å². The Kier molecular flexibility index (Phi) is 8.05. The highest BCUT2D eigenvalue weighted by atomic mass is 32.1. The van der Waals surface area contributed by atoms with Crippen molar-refractivity contribution >= 4 is 27.3 Å². The first kappa shape index (κ1) is 29.6.